The molecule has 0 saturated heterocycles. The first-order valence-corrected chi connectivity index (χ1v) is 6.82. The van der Waals surface area contributed by atoms with Crippen LogP contribution in [0.25, 0.3) is 0 Å². The van der Waals surface area contributed by atoms with E-state index in [4.69, 9.17) is 0 Å². The highest BCUT2D eigenvalue weighted by molar-refractivity contribution is 7.12. The van der Waals surface area contributed by atoms with Gasteiger partial charge >= 0.3 is 5.97 Å². The first-order valence-electron chi connectivity index (χ1n) is 5.94. The van der Waals surface area contributed by atoms with E-state index in [0.29, 0.717) is 21.8 Å². The molecule has 20 heavy (non-hydrogen) atoms. The van der Waals surface area contributed by atoms with Crippen molar-refractivity contribution in [1.82, 2.24) is 4.98 Å². The molecule has 0 radical (unpaired) electrons. The molecule has 5 nitrogen and oxygen atoms in total. The minimum atomic E-state index is -0.464. The van der Waals surface area contributed by atoms with E-state index in [-0.39, 0.29) is 5.91 Å². The largest absolute Gasteiger partial charge is 0.465 e. The Morgan fingerprint density at radius 2 is 2.00 bits per heavy atom. The van der Waals surface area contributed by atoms with Gasteiger partial charge in [-0.15, -0.1) is 11.3 Å². The summed E-state index contributed by atoms with van der Waals surface area (Å²) in [6.45, 7) is 3.64. The Labute approximate surface area is 120 Å². The zero-order valence-corrected chi connectivity index (χ0v) is 12.2. The molecule has 0 aliphatic heterocycles. The topological polar surface area (TPSA) is 68.3 Å². The number of thiophene rings is 1. The van der Waals surface area contributed by atoms with Gasteiger partial charge in [0.25, 0.3) is 5.91 Å². The van der Waals surface area contributed by atoms with Crippen LogP contribution in [0.4, 0.5) is 5.69 Å². The fourth-order valence-electron chi connectivity index (χ4n) is 1.77. The molecule has 2 aromatic heterocycles. The Morgan fingerprint density at radius 1 is 1.25 bits per heavy atom. The Hall–Kier alpha value is -2.21. The SMILES string of the molecule is COC(=O)c1sccc1NC(=O)c1ccc(C)nc1C. The van der Waals surface area contributed by atoms with Crippen LogP contribution in [0.15, 0.2) is 23.6 Å². The number of amides is 1. The zero-order valence-electron chi connectivity index (χ0n) is 11.4. The number of esters is 1. The molecule has 6 heteroatoms. The van der Waals surface area contributed by atoms with Gasteiger partial charge in [-0.1, -0.05) is 0 Å². The second-order valence-electron chi connectivity index (χ2n) is 4.19. The summed E-state index contributed by atoms with van der Waals surface area (Å²) < 4.78 is 4.67. The molecular formula is C14H14N2O3S. The maximum atomic E-state index is 12.2. The molecule has 2 aromatic rings. The molecule has 0 unspecified atom stereocenters. The van der Waals surface area contributed by atoms with Gasteiger partial charge < -0.3 is 10.1 Å². The highest BCUT2D eigenvalue weighted by Gasteiger charge is 2.17. The maximum absolute atomic E-state index is 12.2. The molecule has 1 amide bonds. The third kappa shape index (κ3) is 2.85. The average molecular weight is 290 g/mol. The van der Waals surface area contributed by atoms with Crippen molar-refractivity contribution in [3.8, 4) is 0 Å². The molecule has 0 spiro atoms. The highest BCUT2D eigenvalue weighted by Crippen LogP contribution is 2.24. The monoisotopic (exact) mass is 290 g/mol. The number of carbonyl (C=O) groups is 2. The van der Waals surface area contributed by atoms with E-state index in [2.05, 4.69) is 15.0 Å². The number of hydrogen-bond donors (Lipinski definition) is 1. The normalized spacial score (nSPS) is 10.2. The van der Waals surface area contributed by atoms with Gasteiger partial charge in [-0.3, -0.25) is 9.78 Å². The lowest BCUT2D eigenvalue weighted by atomic mass is 10.1. The van der Waals surface area contributed by atoms with Crippen molar-refractivity contribution in [3.05, 3.63) is 45.4 Å². The minimum Gasteiger partial charge on any atom is -0.465 e. The van der Waals surface area contributed by atoms with E-state index in [1.54, 1.807) is 30.5 Å². The lowest BCUT2D eigenvalue weighted by Gasteiger charge is -2.08. The van der Waals surface area contributed by atoms with Crippen molar-refractivity contribution >= 4 is 28.9 Å². The molecule has 0 aliphatic rings. The second-order valence-corrected chi connectivity index (χ2v) is 5.11. The number of aryl methyl sites for hydroxylation is 2. The summed E-state index contributed by atoms with van der Waals surface area (Å²) in [5, 5.41) is 4.44. The van der Waals surface area contributed by atoms with Crippen LogP contribution in [0, 0.1) is 13.8 Å². The summed E-state index contributed by atoms with van der Waals surface area (Å²) in [6.07, 6.45) is 0. The summed E-state index contributed by atoms with van der Waals surface area (Å²) in [6, 6.07) is 5.17. The average Bonchev–Trinajstić information content (AvgIpc) is 2.85. The first-order chi connectivity index (χ1) is 9.52. The molecule has 0 saturated carbocycles. The molecule has 1 N–H and O–H groups in total. The van der Waals surface area contributed by atoms with Gasteiger partial charge in [0.2, 0.25) is 0 Å². The minimum absolute atomic E-state index is 0.293. The van der Waals surface area contributed by atoms with E-state index < -0.39 is 5.97 Å². The Morgan fingerprint density at radius 3 is 2.65 bits per heavy atom. The number of hydrogen-bond acceptors (Lipinski definition) is 5. The third-order valence-corrected chi connectivity index (χ3v) is 3.65. The van der Waals surface area contributed by atoms with Gasteiger partial charge in [-0.05, 0) is 37.4 Å². The van der Waals surface area contributed by atoms with Crippen molar-refractivity contribution in [2.24, 2.45) is 0 Å². The Kier molecular flexibility index (Phi) is 4.14. The summed E-state index contributed by atoms with van der Waals surface area (Å²) >= 11 is 1.22. The Balaban J connectivity index is 2.24. The predicted molar refractivity (Wildman–Crippen MR) is 77.3 cm³/mol. The van der Waals surface area contributed by atoms with Gasteiger partial charge in [-0.2, -0.15) is 0 Å². The molecule has 0 atom stereocenters. The van der Waals surface area contributed by atoms with Crippen molar-refractivity contribution < 1.29 is 14.3 Å². The second kappa shape index (κ2) is 5.83. The number of nitrogens with one attached hydrogen (secondary N) is 1. The highest BCUT2D eigenvalue weighted by atomic mass is 32.1. The smallest absolute Gasteiger partial charge is 0.350 e. The summed E-state index contributed by atoms with van der Waals surface area (Å²) in [5.74, 6) is -0.757. The number of aromatic nitrogens is 1. The lowest BCUT2D eigenvalue weighted by molar-refractivity contribution is 0.0607. The molecule has 0 fully saturated rings. The van der Waals surface area contributed by atoms with Gasteiger partial charge in [0.1, 0.15) is 4.88 Å². The van der Waals surface area contributed by atoms with Gasteiger partial charge in [-0.25, -0.2) is 4.79 Å². The quantitative estimate of drug-likeness (QED) is 0.883. The third-order valence-electron chi connectivity index (χ3n) is 2.75. The van der Waals surface area contributed by atoms with E-state index in [9.17, 15) is 9.59 Å². The molecule has 2 heterocycles. The van der Waals surface area contributed by atoms with Crippen LogP contribution in [0.2, 0.25) is 0 Å². The van der Waals surface area contributed by atoms with Crippen LogP contribution in [0.3, 0.4) is 0 Å². The van der Waals surface area contributed by atoms with E-state index in [0.717, 1.165) is 5.69 Å². The van der Waals surface area contributed by atoms with Crippen molar-refractivity contribution in [1.29, 1.82) is 0 Å². The van der Waals surface area contributed by atoms with Crippen LogP contribution < -0.4 is 5.32 Å². The first kappa shape index (κ1) is 14.2. The number of nitrogens with zero attached hydrogens (tertiary/aromatic N) is 1. The summed E-state index contributed by atoms with van der Waals surface area (Å²) in [4.78, 5) is 28.4. The van der Waals surface area contributed by atoms with E-state index >= 15 is 0 Å². The van der Waals surface area contributed by atoms with Crippen LogP contribution in [-0.2, 0) is 4.74 Å². The van der Waals surface area contributed by atoms with Gasteiger partial charge in [0.15, 0.2) is 0 Å². The Bertz CT molecular complexity index is 664. The standard InChI is InChI=1S/C14H14N2O3S/c1-8-4-5-10(9(2)15-8)13(17)16-11-6-7-20-12(11)14(18)19-3/h4-7H,1-3H3,(H,16,17). The van der Waals surface area contributed by atoms with Crippen LogP contribution >= 0.6 is 11.3 Å². The van der Waals surface area contributed by atoms with Crippen LogP contribution in [0.1, 0.15) is 31.4 Å². The van der Waals surface area contributed by atoms with Crippen LogP contribution in [-0.4, -0.2) is 24.0 Å². The number of rotatable bonds is 3. The molecule has 0 aliphatic carbocycles. The molecule has 0 bridgehead atoms. The molecule has 0 aromatic carbocycles. The number of carbonyl (C=O) groups excluding carboxylic acids is 2. The molecule has 2 rings (SSSR count). The van der Waals surface area contributed by atoms with Crippen molar-refractivity contribution in [2.75, 3.05) is 12.4 Å². The van der Waals surface area contributed by atoms with Gasteiger partial charge in [0.05, 0.1) is 24.1 Å². The lowest BCUT2D eigenvalue weighted by Crippen LogP contribution is -2.15. The van der Waals surface area contributed by atoms with Crippen molar-refractivity contribution in [2.45, 2.75) is 13.8 Å². The van der Waals surface area contributed by atoms with Crippen molar-refractivity contribution in [3.63, 3.8) is 0 Å². The summed E-state index contributed by atoms with van der Waals surface area (Å²) in [5.41, 5.74) is 2.44. The number of anilines is 1. The number of pyridine rings is 1. The zero-order chi connectivity index (χ0) is 14.7. The molecular weight excluding hydrogens is 276 g/mol. The fraction of sp³-hybridized carbons (Fsp3) is 0.214. The molecule has 104 valence electrons. The van der Waals surface area contributed by atoms with E-state index in [1.165, 1.54) is 18.4 Å². The van der Waals surface area contributed by atoms with Gasteiger partial charge in [0, 0.05) is 5.69 Å². The van der Waals surface area contributed by atoms with Crippen LogP contribution in [0.5, 0.6) is 0 Å². The predicted octanol–water partition coefficient (Wildman–Crippen LogP) is 2.80. The number of ether oxygens (including phenoxy) is 1. The maximum Gasteiger partial charge on any atom is 0.350 e. The number of methoxy groups -OCH3 is 1. The summed E-state index contributed by atoms with van der Waals surface area (Å²) in [7, 11) is 1.31. The fourth-order valence-corrected chi connectivity index (χ4v) is 2.54. The van der Waals surface area contributed by atoms with E-state index in [1.807, 2.05) is 6.92 Å².